The molecule has 5 aliphatic heterocycles. The van der Waals surface area contributed by atoms with E-state index >= 15 is 0 Å². The lowest BCUT2D eigenvalue weighted by atomic mass is 9.80. The van der Waals surface area contributed by atoms with Crippen LogP contribution in [0.5, 0.6) is 0 Å². The minimum Gasteiger partial charge on any atom is -0.461 e. The monoisotopic (exact) mass is 868 g/mol. The summed E-state index contributed by atoms with van der Waals surface area (Å²) < 4.78 is 36.0. The molecule has 1 amide bonds. The van der Waals surface area contributed by atoms with Gasteiger partial charge in [0.25, 0.3) is 0 Å². The predicted molar refractivity (Wildman–Crippen MR) is 234 cm³/mol. The molecule has 5 heterocycles. The normalized spacial score (nSPS) is 40.1. The molecule has 4 bridgehead atoms. The van der Waals surface area contributed by atoms with Crippen molar-refractivity contribution in [1.82, 2.24) is 16.0 Å². The van der Waals surface area contributed by atoms with Crippen molar-refractivity contribution in [2.75, 3.05) is 45.9 Å². The van der Waals surface area contributed by atoms with Gasteiger partial charge in [-0.1, -0.05) is 69.9 Å². The van der Waals surface area contributed by atoms with E-state index in [0.29, 0.717) is 32.7 Å². The molecule has 0 saturated carbocycles. The molecule has 0 radical (unpaired) electrons. The fourth-order valence-electron chi connectivity index (χ4n) is 10.9. The minimum absolute atomic E-state index is 0.0488. The molecule has 13 heteroatoms. The number of carbonyl (C=O) groups is 4. The van der Waals surface area contributed by atoms with Crippen LogP contribution in [0.2, 0.25) is 0 Å². The molecule has 7 aliphatic rings. The van der Waals surface area contributed by atoms with Crippen LogP contribution in [0.1, 0.15) is 155 Å². The van der Waals surface area contributed by atoms with Crippen LogP contribution in [-0.4, -0.2) is 106 Å². The summed E-state index contributed by atoms with van der Waals surface area (Å²) in [6, 6.07) is 0. The smallest absolute Gasteiger partial charge is 0.407 e. The summed E-state index contributed by atoms with van der Waals surface area (Å²) in [5.74, 6) is -0.713. The molecule has 2 aliphatic carbocycles. The van der Waals surface area contributed by atoms with E-state index in [9.17, 15) is 19.2 Å². The third-order valence-electron chi connectivity index (χ3n) is 15.0. The highest BCUT2D eigenvalue weighted by Crippen LogP contribution is 2.51. The lowest BCUT2D eigenvalue weighted by Gasteiger charge is -2.23. The second-order valence-corrected chi connectivity index (χ2v) is 19.8. The van der Waals surface area contributed by atoms with E-state index in [0.717, 1.165) is 159 Å². The standard InChI is InChI=1S/C49H77N3O10/c1-48-25-16-18-34-21-23-36-38(45(54)59-41(36)43(48)61-48)30-50-27-13-9-6-7-10-14-28-51-31-39-37-24-22-35(19-17-26-49(2)44(62-49)42(37)60-46(39)55)33-58-47(56)52-29-15-11-5-3-4-8-12-20-40(53)57-32-34/h18-19,36-39,41-44,50-51H,3-17,20-33H2,1-2H3,(H,52,56)/b34-18+,35-19+/t36-,37-,38-,39-,41-,42-,43-,44-,48+,49+/m0/s1. The van der Waals surface area contributed by atoms with Gasteiger partial charge in [0, 0.05) is 37.9 Å². The largest absolute Gasteiger partial charge is 0.461 e. The van der Waals surface area contributed by atoms with E-state index < -0.39 is 6.09 Å². The fourth-order valence-corrected chi connectivity index (χ4v) is 10.9. The average Bonchev–Trinajstić information content (AvgIpc) is 4.05. The van der Waals surface area contributed by atoms with E-state index in [1.54, 1.807) is 0 Å². The first-order valence-electron chi connectivity index (χ1n) is 24.7. The topological polar surface area (TPSA) is 166 Å². The average molecular weight is 868 g/mol. The molecule has 348 valence electrons. The van der Waals surface area contributed by atoms with Gasteiger partial charge in [-0.15, -0.1) is 0 Å². The fraction of sp³-hybridized carbons (Fsp3) is 0.837. The zero-order valence-electron chi connectivity index (χ0n) is 37.9. The highest BCUT2D eigenvalue weighted by Gasteiger charge is 2.63. The Morgan fingerprint density at radius 1 is 0.548 bits per heavy atom. The third kappa shape index (κ3) is 13.1. The Morgan fingerprint density at radius 2 is 1.00 bits per heavy atom. The van der Waals surface area contributed by atoms with E-state index in [-0.39, 0.29) is 83.8 Å². The summed E-state index contributed by atoms with van der Waals surface area (Å²) in [4.78, 5) is 51.9. The van der Waals surface area contributed by atoms with Crippen molar-refractivity contribution in [3.63, 3.8) is 0 Å². The van der Waals surface area contributed by atoms with Gasteiger partial charge < -0.3 is 44.4 Å². The molecule has 0 unspecified atom stereocenters. The Bertz CT molecular complexity index is 1470. The molecule has 0 aromatic carbocycles. The van der Waals surface area contributed by atoms with Gasteiger partial charge in [-0.2, -0.15) is 0 Å². The number of allylic oxidation sites excluding steroid dienone is 2. The van der Waals surface area contributed by atoms with Crippen molar-refractivity contribution in [2.24, 2.45) is 23.7 Å². The summed E-state index contributed by atoms with van der Waals surface area (Å²) in [7, 11) is 0. The van der Waals surface area contributed by atoms with E-state index in [1.807, 2.05) is 0 Å². The summed E-state index contributed by atoms with van der Waals surface area (Å²) in [6.07, 6.45) is 24.0. The highest BCUT2D eigenvalue weighted by molar-refractivity contribution is 5.76. The van der Waals surface area contributed by atoms with Gasteiger partial charge >= 0.3 is 24.0 Å². The van der Waals surface area contributed by atoms with Crippen molar-refractivity contribution < 1.29 is 47.6 Å². The molecule has 0 aromatic rings. The van der Waals surface area contributed by atoms with Crippen LogP contribution in [0, 0.1) is 23.7 Å². The number of carbonyl (C=O) groups excluding carboxylic acids is 4. The third-order valence-corrected chi connectivity index (χ3v) is 15.0. The number of amides is 1. The maximum atomic E-state index is 13.3. The van der Waals surface area contributed by atoms with Crippen LogP contribution in [0.15, 0.2) is 23.3 Å². The van der Waals surface area contributed by atoms with Gasteiger partial charge in [0.05, 0.1) is 23.0 Å². The van der Waals surface area contributed by atoms with Crippen LogP contribution in [-0.2, 0) is 42.8 Å². The molecule has 7 rings (SSSR count). The van der Waals surface area contributed by atoms with E-state index in [4.69, 9.17) is 28.4 Å². The zero-order valence-corrected chi connectivity index (χ0v) is 37.9. The van der Waals surface area contributed by atoms with Gasteiger partial charge in [-0.25, -0.2) is 4.79 Å². The van der Waals surface area contributed by atoms with Crippen molar-refractivity contribution in [3.05, 3.63) is 23.3 Å². The Balaban J connectivity index is 0.893. The number of alkyl carbamates (subject to hydrolysis) is 1. The molecule has 10 atom stereocenters. The second-order valence-electron chi connectivity index (χ2n) is 19.8. The number of cyclic esters (lactones) is 2. The maximum absolute atomic E-state index is 13.3. The number of esters is 3. The first-order valence-corrected chi connectivity index (χ1v) is 24.7. The molecule has 13 nitrogen and oxygen atoms in total. The van der Waals surface area contributed by atoms with Crippen molar-refractivity contribution in [1.29, 1.82) is 0 Å². The Morgan fingerprint density at radius 3 is 1.52 bits per heavy atom. The van der Waals surface area contributed by atoms with E-state index in [2.05, 4.69) is 41.9 Å². The highest BCUT2D eigenvalue weighted by atomic mass is 16.7. The summed E-state index contributed by atoms with van der Waals surface area (Å²) >= 11 is 0. The molecule has 3 N–H and O–H groups in total. The lowest BCUT2D eigenvalue weighted by Crippen LogP contribution is -2.34. The van der Waals surface area contributed by atoms with Gasteiger partial charge in [0.15, 0.2) is 0 Å². The Hall–Kier alpha value is -3.00. The molecule has 5 fully saturated rings. The van der Waals surface area contributed by atoms with E-state index in [1.165, 1.54) is 0 Å². The van der Waals surface area contributed by atoms with Crippen molar-refractivity contribution in [2.45, 2.75) is 191 Å². The van der Waals surface area contributed by atoms with Crippen molar-refractivity contribution >= 4 is 24.0 Å². The second kappa shape index (κ2) is 22.8. The summed E-state index contributed by atoms with van der Waals surface area (Å²) in [5.41, 5.74) is 1.63. The first kappa shape index (κ1) is 47.0. The number of hydrogen-bond acceptors (Lipinski definition) is 12. The molecule has 5 saturated heterocycles. The Kier molecular flexibility index (Phi) is 17.2. The summed E-state index contributed by atoms with van der Waals surface area (Å²) in [6.45, 7) is 8.31. The van der Waals surface area contributed by atoms with Crippen molar-refractivity contribution in [3.8, 4) is 0 Å². The van der Waals surface area contributed by atoms with Crippen LogP contribution >= 0.6 is 0 Å². The van der Waals surface area contributed by atoms with Crippen LogP contribution in [0.25, 0.3) is 0 Å². The first-order chi connectivity index (χ1) is 30.1. The number of ether oxygens (including phenoxy) is 6. The molecule has 0 spiro atoms. The SMILES string of the molecule is C[C@@]12CC/C=C3\CC[C@@H]4[C@H](OC(=O)[C@H]4CNCCCCCCCCNC[C@@H]4C(=O)O[C@H]5[C@H]4CC/C(=C\CC[C@@]4(C)O[C@@H]54)COC(=O)NCCCCCCCCCC(=O)OC3)[C@@H]1O2. The number of epoxide rings is 2. The maximum Gasteiger partial charge on any atom is 0.407 e. The number of fused-ring (bicyclic) bond motifs is 8. The molecule has 62 heavy (non-hydrogen) atoms. The Labute approximate surface area is 370 Å². The number of hydrogen-bond donors (Lipinski definition) is 3. The van der Waals surface area contributed by atoms with Crippen LogP contribution < -0.4 is 16.0 Å². The van der Waals surface area contributed by atoms with Gasteiger partial charge in [-0.3, -0.25) is 14.4 Å². The molecule has 0 aromatic heterocycles. The van der Waals surface area contributed by atoms with Gasteiger partial charge in [0.1, 0.15) is 37.6 Å². The van der Waals surface area contributed by atoms with Crippen LogP contribution in [0.4, 0.5) is 4.79 Å². The minimum atomic E-state index is -0.391. The quantitative estimate of drug-likeness (QED) is 0.0950. The molecular weight excluding hydrogens is 791 g/mol. The number of nitrogens with one attached hydrogen (secondary N) is 3. The van der Waals surface area contributed by atoms with Gasteiger partial charge in [-0.05, 0) is 115 Å². The molecular formula is C49H77N3O10. The zero-order chi connectivity index (χ0) is 43.4. The summed E-state index contributed by atoms with van der Waals surface area (Å²) in [5, 5.41) is 10.1. The number of rotatable bonds is 0. The van der Waals surface area contributed by atoms with Crippen LogP contribution in [0.3, 0.4) is 0 Å². The predicted octanol–water partition coefficient (Wildman–Crippen LogP) is 7.54. The van der Waals surface area contributed by atoms with Gasteiger partial charge in [0.2, 0.25) is 0 Å². The lowest BCUT2D eigenvalue weighted by molar-refractivity contribution is -0.145.